The maximum atomic E-state index is 14.0. The number of rotatable bonds is 20. The largest absolute Gasteiger partial charge is 0.647 e. The van der Waals surface area contributed by atoms with Gasteiger partial charge in [0.15, 0.2) is 0 Å². The van der Waals surface area contributed by atoms with Crippen molar-refractivity contribution in [3.8, 4) is 11.5 Å². The molecule has 2 unspecified atom stereocenters. The van der Waals surface area contributed by atoms with E-state index in [1.165, 1.54) is 36.5 Å². The van der Waals surface area contributed by atoms with E-state index in [9.17, 15) is 9.13 Å². The van der Waals surface area contributed by atoms with Crippen LogP contribution in [0.1, 0.15) is 6.92 Å². The Labute approximate surface area is 265 Å². The van der Waals surface area contributed by atoms with Gasteiger partial charge in [0.25, 0.3) is 0 Å². The lowest BCUT2D eigenvalue weighted by atomic mass is 10.3. The molecule has 0 aromatic heterocycles. The number of phosphoric ester groups is 2. The van der Waals surface area contributed by atoms with Gasteiger partial charge in [0, 0.05) is 6.08 Å². The molecule has 2 aromatic rings. The minimum atomic E-state index is -4.47. The molecule has 0 amide bonds. The van der Waals surface area contributed by atoms with Crippen LogP contribution < -0.4 is 9.05 Å². The van der Waals surface area contributed by atoms with Crippen LogP contribution in [0, 0.1) is 0 Å². The van der Waals surface area contributed by atoms with E-state index in [4.69, 9.17) is 27.1 Å². The Balaban J connectivity index is 2.51. The normalized spacial score (nSPS) is 15.2. The van der Waals surface area contributed by atoms with Gasteiger partial charge >= 0.3 is 15.6 Å². The number of benzene rings is 2. The average molecular weight is 647 g/mol. The smallest absolute Gasteiger partial charge is 0.391 e. The zero-order valence-corrected chi connectivity index (χ0v) is 26.8. The molecule has 0 aliphatic heterocycles. The van der Waals surface area contributed by atoms with Gasteiger partial charge in [-0.05, 0) is 61.6 Å². The van der Waals surface area contributed by atoms with Gasteiger partial charge in [-0.1, -0.05) is 112 Å². The number of hydrogen-bond donors (Lipinski definition) is 0. The molecule has 8 nitrogen and oxygen atoms in total. The zero-order chi connectivity index (χ0) is 33.0. The minimum absolute atomic E-state index is 0.0800. The number of para-hydroxylation sites is 2. The van der Waals surface area contributed by atoms with E-state index < -0.39 is 15.6 Å². The molecular weight excluding hydrogens is 610 g/mol. The van der Waals surface area contributed by atoms with Gasteiger partial charge in [0.2, 0.25) is 0 Å². The Morgan fingerprint density at radius 3 is 1.51 bits per heavy atom. The second-order valence-electron chi connectivity index (χ2n) is 8.42. The van der Waals surface area contributed by atoms with Crippen molar-refractivity contribution in [3.63, 3.8) is 0 Å². The Kier molecular flexibility index (Phi) is 15.4. The van der Waals surface area contributed by atoms with Gasteiger partial charge in [0.05, 0.1) is 0 Å². The lowest BCUT2D eigenvalue weighted by Crippen LogP contribution is -2.04. The highest BCUT2D eigenvalue weighted by molar-refractivity contribution is 7.49. The first kappa shape index (κ1) is 36.0. The molecule has 0 N–H and O–H groups in total. The van der Waals surface area contributed by atoms with Crippen LogP contribution >= 0.6 is 15.6 Å². The van der Waals surface area contributed by atoms with E-state index in [-0.39, 0.29) is 34.5 Å². The summed E-state index contributed by atoms with van der Waals surface area (Å²) in [6.45, 7) is 19.9. The third-order valence-electron chi connectivity index (χ3n) is 4.88. The van der Waals surface area contributed by atoms with Gasteiger partial charge in [0.1, 0.15) is 34.5 Å². The van der Waals surface area contributed by atoms with Gasteiger partial charge < -0.3 is 27.1 Å². The summed E-state index contributed by atoms with van der Waals surface area (Å²) in [4.78, 5) is 0. The van der Waals surface area contributed by atoms with E-state index in [0.29, 0.717) is 0 Å². The monoisotopic (exact) mass is 646 g/mol. The zero-order valence-electron chi connectivity index (χ0n) is 25.0. The van der Waals surface area contributed by atoms with Crippen LogP contribution in [0.2, 0.25) is 0 Å². The Morgan fingerprint density at radius 2 is 1.02 bits per heavy atom. The van der Waals surface area contributed by atoms with Gasteiger partial charge in [-0.15, -0.1) is 0 Å². The van der Waals surface area contributed by atoms with Crippen LogP contribution in [0.5, 0.6) is 11.5 Å². The molecule has 0 saturated heterocycles. The number of phosphoric acid groups is 2. The molecular formula is C35H36O8P2. The molecule has 2 atom stereocenters. The summed E-state index contributed by atoms with van der Waals surface area (Å²) in [6.07, 6.45) is 19.3. The van der Waals surface area contributed by atoms with Crippen molar-refractivity contribution in [2.24, 2.45) is 0 Å². The highest BCUT2D eigenvalue weighted by atomic mass is 31.2. The fourth-order valence-corrected chi connectivity index (χ4v) is 5.59. The SMILES string of the molecule is C=C/C=C\C=C(/C)OP(=O)(O/C(C=C)=C/C(=C\C=C)OP(=O)(O/C(C=C)=C/C=C\C=C)Oc1ccccc1)Oc1ccccc1. The van der Waals surface area contributed by atoms with Gasteiger partial charge in [-0.3, -0.25) is 0 Å². The molecule has 0 bridgehead atoms. The summed E-state index contributed by atoms with van der Waals surface area (Å²) >= 11 is 0. The Bertz CT molecular complexity index is 1600. The van der Waals surface area contributed by atoms with E-state index >= 15 is 0 Å². The third-order valence-corrected chi connectivity index (χ3v) is 7.57. The fourth-order valence-electron chi connectivity index (χ4n) is 3.04. The molecule has 0 saturated carbocycles. The Hall–Kier alpha value is -5.16. The second kappa shape index (κ2) is 19.2. The first-order valence-corrected chi connectivity index (χ1v) is 16.3. The summed E-state index contributed by atoms with van der Waals surface area (Å²) in [6, 6.07) is 16.6. The van der Waals surface area contributed by atoms with Crippen molar-refractivity contribution < 1.29 is 36.3 Å². The van der Waals surface area contributed by atoms with Crippen molar-refractivity contribution in [1.82, 2.24) is 0 Å². The molecule has 0 spiro atoms. The topological polar surface area (TPSA) is 89.5 Å². The second-order valence-corrected chi connectivity index (χ2v) is 11.3. The fraction of sp³-hybridized carbons (Fsp3) is 0.0286. The summed E-state index contributed by atoms with van der Waals surface area (Å²) in [5.41, 5.74) is 0. The lowest BCUT2D eigenvalue weighted by molar-refractivity contribution is 0.224. The van der Waals surface area contributed by atoms with E-state index in [0.717, 1.165) is 0 Å². The van der Waals surface area contributed by atoms with Crippen molar-refractivity contribution in [3.05, 3.63) is 196 Å². The van der Waals surface area contributed by atoms with Crippen LogP contribution in [-0.4, -0.2) is 0 Å². The summed E-state index contributed by atoms with van der Waals surface area (Å²) < 4.78 is 62.2. The molecule has 0 aliphatic carbocycles. The Morgan fingerprint density at radius 1 is 0.556 bits per heavy atom. The van der Waals surface area contributed by atoms with Gasteiger partial charge in [-0.25, -0.2) is 0 Å². The number of hydrogen-bond acceptors (Lipinski definition) is 8. The maximum absolute atomic E-state index is 14.0. The molecule has 0 radical (unpaired) electrons. The van der Waals surface area contributed by atoms with E-state index in [1.807, 2.05) is 0 Å². The highest BCUT2D eigenvalue weighted by Gasteiger charge is 2.36. The molecule has 0 aliphatic rings. The first-order valence-electron chi connectivity index (χ1n) is 13.4. The summed E-state index contributed by atoms with van der Waals surface area (Å²) in [7, 11) is -8.85. The first-order chi connectivity index (χ1) is 21.7. The number of allylic oxidation sites excluding steroid dienone is 14. The van der Waals surface area contributed by atoms with Crippen molar-refractivity contribution in [2.75, 3.05) is 0 Å². The predicted octanol–water partition coefficient (Wildman–Crippen LogP) is 11.0. The van der Waals surface area contributed by atoms with Crippen LogP contribution in [-0.2, 0) is 27.2 Å². The van der Waals surface area contributed by atoms with Crippen LogP contribution in [0.4, 0.5) is 0 Å². The molecule has 0 fully saturated rings. The molecule has 45 heavy (non-hydrogen) atoms. The van der Waals surface area contributed by atoms with Crippen molar-refractivity contribution in [1.29, 1.82) is 0 Å². The summed E-state index contributed by atoms with van der Waals surface area (Å²) in [5.74, 6) is 0.483. The van der Waals surface area contributed by atoms with Crippen LogP contribution in [0.15, 0.2) is 196 Å². The standard InChI is InChI=1S/C35H36O8P2/c1-7-12-16-23-30(6)38-44(36,41-33-25-18-14-19-26-33)40-32(11-5)29-35(22-9-3)43-45(37,42-34-27-20-15-21-28-34)39-31(10-4)24-17-13-8-2/h7-29H,1-5H2,6H3/b16-12-,17-13-,30-23+,31-24+,32-29+,35-22+. The average Bonchev–Trinajstić information content (AvgIpc) is 3.01. The van der Waals surface area contributed by atoms with Crippen LogP contribution in [0.3, 0.4) is 0 Å². The minimum Gasteiger partial charge on any atom is -0.391 e. The van der Waals surface area contributed by atoms with E-state index in [2.05, 4.69) is 32.9 Å². The molecule has 10 heteroatoms. The van der Waals surface area contributed by atoms with Crippen LogP contribution in [0.25, 0.3) is 0 Å². The molecule has 0 heterocycles. The van der Waals surface area contributed by atoms with Crippen molar-refractivity contribution in [2.45, 2.75) is 6.92 Å². The molecule has 234 valence electrons. The molecule has 2 rings (SSSR count). The lowest BCUT2D eigenvalue weighted by Gasteiger charge is -2.22. The van der Waals surface area contributed by atoms with Gasteiger partial charge in [-0.2, -0.15) is 9.13 Å². The maximum Gasteiger partial charge on any atom is 0.647 e. The molecule has 2 aromatic carbocycles. The van der Waals surface area contributed by atoms with E-state index in [1.54, 1.807) is 110 Å². The quantitative estimate of drug-likeness (QED) is 0.0797. The predicted molar refractivity (Wildman–Crippen MR) is 181 cm³/mol. The summed E-state index contributed by atoms with van der Waals surface area (Å²) in [5, 5.41) is 0. The third kappa shape index (κ3) is 13.8. The highest BCUT2D eigenvalue weighted by Crippen LogP contribution is 2.55. The van der Waals surface area contributed by atoms with Crippen molar-refractivity contribution >= 4 is 15.6 Å².